The van der Waals surface area contributed by atoms with Gasteiger partial charge in [-0.2, -0.15) is 0 Å². The van der Waals surface area contributed by atoms with Crippen LogP contribution in [0.15, 0.2) is 146 Å². The van der Waals surface area contributed by atoms with Crippen molar-refractivity contribution in [1.29, 1.82) is 0 Å². The van der Waals surface area contributed by atoms with Gasteiger partial charge in [0.1, 0.15) is 0 Å². The highest BCUT2D eigenvalue weighted by Gasteiger charge is 2.30. The van der Waals surface area contributed by atoms with Crippen LogP contribution in [-0.2, 0) is 0 Å². The first-order valence-electron chi connectivity index (χ1n) is 14.9. The van der Waals surface area contributed by atoms with Crippen molar-refractivity contribution in [1.82, 2.24) is 0 Å². The molecule has 0 radical (unpaired) electrons. The highest BCUT2D eigenvalue weighted by Crippen LogP contribution is 2.45. The lowest BCUT2D eigenvalue weighted by Crippen LogP contribution is -2.35. The molecule has 0 unspecified atom stereocenters. The fourth-order valence-electron chi connectivity index (χ4n) is 7.65. The Morgan fingerprint density at radius 3 is 1.60 bits per heavy atom. The summed E-state index contributed by atoms with van der Waals surface area (Å²) < 4.78 is 0. The molecule has 8 aromatic carbocycles. The third-order valence-corrected chi connectivity index (χ3v) is 9.49. The number of fused-ring (bicyclic) bond motifs is 8. The van der Waals surface area contributed by atoms with Crippen LogP contribution in [0.3, 0.4) is 0 Å². The van der Waals surface area contributed by atoms with Gasteiger partial charge in [-0.15, -0.1) is 0 Å². The van der Waals surface area contributed by atoms with Crippen molar-refractivity contribution in [3.63, 3.8) is 0 Å². The van der Waals surface area contributed by atoms with E-state index in [1.54, 1.807) is 0 Å². The fraction of sp³-hybridized carbons (Fsp3) is 0.0244. The second-order valence-corrected chi connectivity index (χ2v) is 11.6. The van der Waals surface area contributed by atoms with E-state index in [0.29, 0.717) is 6.71 Å². The minimum Gasteiger partial charge on any atom is -0.0773 e. The summed E-state index contributed by atoms with van der Waals surface area (Å²) >= 11 is 0. The van der Waals surface area contributed by atoms with Crippen molar-refractivity contribution < 1.29 is 0 Å². The lowest BCUT2D eigenvalue weighted by atomic mass is 9.44. The molecule has 0 nitrogen and oxygen atoms in total. The minimum atomic E-state index is 0.341. The molecule has 42 heavy (non-hydrogen) atoms. The Morgan fingerprint density at radius 1 is 0.381 bits per heavy atom. The van der Waals surface area contributed by atoms with E-state index in [1.807, 2.05) is 0 Å². The van der Waals surface area contributed by atoms with Crippen LogP contribution >= 0.6 is 0 Å². The van der Waals surface area contributed by atoms with E-state index < -0.39 is 0 Å². The van der Waals surface area contributed by atoms with Gasteiger partial charge in [0.05, 0.1) is 0 Å². The van der Waals surface area contributed by atoms with Crippen LogP contribution in [0.25, 0.3) is 76.5 Å². The topological polar surface area (TPSA) is 0 Å². The van der Waals surface area contributed by atoms with E-state index in [2.05, 4.69) is 152 Å². The first kappa shape index (κ1) is 23.6. The summed E-state index contributed by atoms with van der Waals surface area (Å²) in [6.07, 6.45) is 0. The number of hydrogen-bond acceptors (Lipinski definition) is 0. The molecular formula is C41H27B. The van der Waals surface area contributed by atoms with Crippen molar-refractivity contribution in [3.05, 3.63) is 146 Å². The second kappa shape index (κ2) is 8.93. The van der Waals surface area contributed by atoms with E-state index in [-0.39, 0.29) is 0 Å². The molecule has 0 aromatic heterocycles. The summed E-state index contributed by atoms with van der Waals surface area (Å²) in [6, 6.07) is 54.0. The Bertz CT molecular complexity index is 2320. The first-order chi connectivity index (χ1) is 20.8. The molecule has 194 valence electrons. The van der Waals surface area contributed by atoms with E-state index in [1.165, 1.54) is 87.4 Å². The Hall–Kier alpha value is -5.14. The average Bonchev–Trinajstić information content (AvgIpc) is 3.34. The number of benzene rings is 8. The summed E-state index contributed by atoms with van der Waals surface area (Å²) in [5, 5.41) is 10.4. The van der Waals surface area contributed by atoms with Gasteiger partial charge in [-0.05, 0) is 76.5 Å². The van der Waals surface area contributed by atoms with Gasteiger partial charge in [0.25, 0.3) is 0 Å². The Balaban J connectivity index is 1.33. The van der Waals surface area contributed by atoms with E-state index in [0.717, 1.165) is 0 Å². The van der Waals surface area contributed by atoms with Gasteiger partial charge in [-0.1, -0.05) is 163 Å². The maximum absolute atomic E-state index is 2.47. The SMILES string of the molecule is CB1c2cc(-c3c4ccccc4c(-c4cccc5ccccc45)c4ccccc34)ccc2-c2ccc3ccccc3c21. The summed E-state index contributed by atoms with van der Waals surface area (Å²) in [5.41, 5.74) is 10.8. The molecule has 1 heteroatoms. The zero-order valence-corrected chi connectivity index (χ0v) is 23.4. The van der Waals surface area contributed by atoms with Crippen LogP contribution in [0.5, 0.6) is 0 Å². The summed E-state index contributed by atoms with van der Waals surface area (Å²) in [4.78, 5) is 0. The number of hydrogen-bond donors (Lipinski definition) is 0. The van der Waals surface area contributed by atoms with Crippen LogP contribution in [0.1, 0.15) is 0 Å². The normalized spacial score (nSPS) is 12.4. The highest BCUT2D eigenvalue weighted by molar-refractivity contribution is 6.90. The van der Waals surface area contributed by atoms with E-state index >= 15 is 0 Å². The zero-order chi connectivity index (χ0) is 27.8. The summed E-state index contributed by atoms with van der Waals surface area (Å²) in [6.45, 7) is 2.72. The largest absolute Gasteiger partial charge is 0.208 e. The van der Waals surface area contributed by atoms with Crippen LogP contribution in [-0.4, -0.2) is 6.71 Å². The molecule has 0 spiro atoms. The molecule has 0 atom stereocenters. The van der Waals surface area contributed by atoms with E-state index in [4.69, 9.17) is 0 Å². The summed E-state index contributed by atoms with van der Waals surface area (Å²) in [5.74, 6) is 0. The maximum atomic E-state index is 2.47. The molecule has 9 rings (SSSR count). The van der Waals surface area contributed by atoms with Crippen molar-refractivity contribution >= 4 is 60.7 Å². The Labute approximate surface area is 246 Å². The van der Waals surface area contributed by atoms with Crippen molar-refractivity contribution in [3.8, 4) is 33.4 Å². The van der Waals surface area contributed by atoms with Crippen LogP contribution < -0.4 is 10.9 Å². The van der Waals surface area contributed by atoms with Crippen molar-refractivity contribution in [2.45, 2.75) is 6.82 Å². The van der Waals surface area contributed by atoms with E-state index in [9.17, 15) is 0 Å². The molecule has 0 saturated heterocycles. The molecule has 0 N–H and O–H groups in total. The molecule has 1 heterocycles. The second-order valence-electron chi connectivity index (χ2n) is 11.6. The molecule has 0 amide bonds. The molecule has 1 aliphatic heterocycles. The molecule has 0 saturated carbocycles. The van der Waals surface area contributed by atoms with Crippen molar-refractivity contribution in [2.75, 3.05) is 0 Å². The fourth-order valence-corrected chi connectivity index (χ4v) is 7.65. The van der Waals surface area contributed by atoms with Gasteiger partial charge in [-0.25, -0.2) is 0 Å². The summed E-state index contributed by atoms with van der Waals surface area (Å²) in [7, 11) is 0. The zero-order valence-electron chi connectivity index (χ0n) is 23.4. The van der Waals surface area contributed by atoms with Crippen LogP contribution in [0.2, 0.25) is 6.82 Å². The highest BCUT2D eigenvalue weighted by atomic mass is 14.2. The third-order valence-electron chi connectivity index (χ3n) is 9.49. The molecule has 0 fully saturated rings. The van der Waals surface area contributed by atoms with Gasteiger partial charge >= 0.3 is 0 Å². The maximum Gasteiger partial charge on any atom is 0.208 e. The lowest BCUT2D eigenvalue weighted by Gasteiger charge is -2.19. The standard InChI is InChI=1S/C41H27B/c1-42-38-25-28(22-23-31(38)37-24-21-27-12-3-5-15-30(27)41(37)42)39-33-16-6-8-18-35(33)40(36-19-9-7-17-34(36)39)32-20-10-13-26-11-2-4-14-29(26)32/h2-25H,1H3. The first-order valence-corrected chi connectivity index (χ1v) is 14.9. The molecular weight excluding hydrogens is 503 g/mol. The van der Waals surface area contributed by atoms with Gasteiger partial charge in [-0.3, -0.25) is 0 Å². The predicted octanol–water partition coefficient (Wildman–Crippen LogP) is 9.85. The Morgan fingerprint density at radius 2 is 0.905 bits per heavy atom. The monoisotopic (exact) mass is 530 g/mol. The van der Waals surface area contributed by atoms with Gasteiger partial charge in [0.2, 0.25) is 6.71 Å². The molecule has 8 aromatic rings. The van der Waals surface area contributed by atoms with Crippen LogP contribution in [0, 0.1) is 0 Å². The molecule has 0 aliphatic carbocycles. The smallest absolute Gasteiger partial charge is 0.0773 e. The predicted molar refractivity (Wildman–Crippen MR) is 184 cm³/mol. The molecule has 1 aliphatic rings. The van der Waals surface area contributed by atoms with Gasteiger partial charge in [0, 0.05) is 0 Å². The van der Waals surface area contributed by atoms with Crippen LogP contribution in [0.4, 0.5) is 0 Å². The van der Waals surface area contributed by atoms with Gasteiger partial charge in [0.15, 0.2) is 0 Å². The van der Waals surface area contributed by atoms with Crippen molar-refractivity contribution in [2.24, 2.45) is 0 Å². The lowest BCUT2D eigenvalue weighted by molar-refractivity contribution is 1.67. The average molecular weight is 530 g/mol. The third kappa shape index (κ3) is 3.25. The molecule has 0 bridgehead atoms. The Kier molecular flexibility index (Phi) is 5.01. The van der Waals surface area contributed by atoms with Gasteiger partial charge < -0.3 is 0 Å². The quantitative estimate of drug-likeness (QED) is 0.154. The number of rotatable bonds is 2. The minimum absolute atomic E-state index is 0.341.